The molecule has 0 fully saturated rings. The van der Waals surface area contributed by atoms with E-state index >= 15 is 0 Å². The summed E-state index contributed by atoms with van der Waals surface area (Å²) in [6, 6.07) is 2.22. The fraction of sp³-hybridized carbons (Fsp3) is 0.400. The Morgan fingerprint density at radius 1 is 1.25 bits per heavy atom. The molecule has 6 nitrogen and oxygen atoms in total. The lowest BCUT2D eigenvalue weighted by molar-refractivity contribution is -0.386. The van der Waals surface area contributed by atoms with Gasteiger partial charge in [0, 0.05) is 5.56 Å². The summed E-state index contributed by atoms with van der Waals surface area (Å²) in [4.78, 5) is 10.0. The molecule has 1 aliphatic rings. The maximum absolute atomic E-state index is 12.2. The molecule has 0 aliphatic heterocycles. The minimum absolute atomic E-state index is 0.227. The molecule has 10 heteroatoms. The van der Waals surface area contributed by atoms with Crippen molar-refractivity contribution in [1.82, 2.24) is 0 Å². The van der Waals surface area contributed by atoms with Crippen molar-refractivity contribution in [2.24, 2.45) is 0 Å². The van der Waals surface area contributed by atoms with Crippen LogP contribution in [-0.2, 0) is 23.0 Å². The van der Waals surface area contributed by atoms with E-state index in [9.17, 15) is 31.7 Å². The van der Waals surface area contributed by atoms with Gasteiger partial charge in [-0.25, -0.2) is 0 Å². The molecular weight excluding hydrogens is 303 g/mol. The van der Waals surface area contributed by atoms with E-state index < -0.39 is 32.0 Å². The van der Waals surface area contributed by atoms with Crippen molar-refractivity contribution in [2.45, 2.75) is 24.8 Å². The molecule has 0 atom stereocenters. The van der Waals surface area contributed by atoms with Crippen molar-refractivity contribution in [3.05, 3.63) is 33.4 Å². The quantitative estimate of drug-likeness (QED) is 0.370. The molecule has 2 rings (SSSR count). The first kappa shape index (κ1) is 14.6. The average molecular weight is 311 g/mol. The molecule has 0 unspecified atom stereocenters. The molecule has 1 aliphatic carbocycles. The Hall–Kier alpha value is -1.84. The zero-order chi connectivity index (χ0) is 15.1. The van der Waals surface area contributed by atoms with Crippen LogP contribution in [0.1, 0.15) is 17.5 Å². The molecule has 0 saturated carbocycles. The summed E-state index contributed by atoms with van der Waals surface area (Å²) in [5.74, 6) is -0.909. The molecule has 20 heavy (non-hydrogen) atoms. The minimum atomic E-state index is -5.93. The highest BCUT2D eigenvalue weighted by Gasteiger charge is 2.49. The van der Waals surface area contributed by atoms with Crippen LogP contribution in [0.15, 0.2) is 12.1 Å². The fourth-order valence-electron chi connectivity index (χ4n) is 2.06. The molecule has 0 heterocycles. The SMILES string of the molecule is O=[N+]([O-])c1c(OS(=O)(=O)C(F)(F)F)ccc2c1CCC2. The normalized spacial score (nSPS) is 14.9. The molecule has 0 spiro atoms. The lowest BCUT2D eigenvalue weighted by atomic mass is 10.1. The highest BCUT2D eigenvalue weighted by molar-refractivity contribution is 7.88. The van der Waals surface area contributed by atoms with Crippen LogP contribution >= 0.6 is 0 Å². The van der Waals surface area contributed by atoms with E-state index in [4.69, 9.17) is 0 Å². The van der Waals surface area contributed by atoms with E-state index in [2.05, 4.69) is 4.18 Å². The number of rotatable bonds is 3. The molecule has 0 bridgehead atoms. The van der Waals surface area contributed by atoms with Crippen molar-refractivity contribution < 1.29 is 30.7 Å². The number of fused-ring (bicyclic) bond motifs is 1. The van der Waals surface area contributed by atoms with Gasteiger partial charge < -0.3 is 4.18 Å². The van der Waals surface area contributed by atoms with Gasteiger partial charge in [-0.2, -0.15) is 21.6 Å². The van der Waals surface area contributed by atoms with Gasteiger partial charge in [-0.3, -0.25) is 10.1 Å². The lowest BCUT2D eigenvalue weighted by Crippen LogP contribution is -2.28. The third-order valence-corrected chi connectivity index (χ3v) is 3.85. The summed E-state index contributed by atoms with van der Waals surface area (Å²) in [5.41, 5.74) is -5.51. The van der Waals surface area contributed by atoms with Crippen molar-refractivity contribution in [2.75, 3.05) is 0 Å². The Kier molecular flexibility index (Phi) is 3.36. The standard InChI is InChI=1S/C10H8F3NO5S/c11-10(12,13)20(17,18)19-8-5-4-6-2-1-3-7(6)9(8)14(15)16/h4-5H,1-3H2. The largest absolute Gasteiger partial charge is 0.534 e. The van der Waals surface area contributed by atoms with Gasteiger partial charge >= 0.3 is 21.3 Å². The Bertz CT molecular complexity index is 668. The summed E-state index contributed by atoms with van der Waals surface area (Å²) in [5, 5.41) is 11.0. The van der Waals surface area contributed by atoms with Gasteiger partial charge in [0.15, 0.2) is 0 Å². The number of halogens is 3. The number of benzene rings is 1. The smallest absolute Gasteiger partial charge is 0.369 e. The zero-order valence-electron chi connectivity index (χ0n) is 9.81. The molecule has 1 aromatic carbocycles. The van der Waals surface area contributed by atoms with Crippen LogP contribution in [-0.4, -0.2) is 18.8 Å². The first-order chi connectivity index (χ1) is 9.13. The molecule has 0 radical (unpaired) electrons. The van der Waals surface area contributed by atoms with E-state index in [-0.39, 0.29) is 5.56 Å². The highest BCUT2D eigenvalue weighted by atomic mass is 32.2. The van der Waals surface area contributed by atoms with Gasteiger partial charge in [0.25, 0.3) is 0 Å². The number of nitro groups is 1. The van der Waals surface area contributed by atoms with Crippen LogP contribution in [0.3, 0.4) is 0 Å². The zero-order valence-corrected chi connectivity index (χ0v) is 10.6. The van der Waals surface area contributed by atoms with Gasteiger partial charge in [0.1, 0.15) is 0 Å². The van der Waals surface area contributed by atoms with E-state index in [1.54, 1.807) is 0 Å². The summed E-state index contributed by atoms with van der Waals surface area (Å²) in [6.07, 6.45) is 1.48. The Morgan fingerprint density at radius 3 is 2.45 bits per heavy atom. The topological polar surface area (TPSA) is 86.5 Å². The van der Waals surface area contributed by atoms with Crippen molar-refractivity contribution in [3.63, 3.8) is 0 Å². The van der Waals surface area contributed by atoms with Crippen molar-refractivity contribution >= 4 is 15.8 Å². The third kappa shape index (κ3) is 2.42. The first-order valence-corrected chi connectivity index (χ1v) is 6.84. The highest BCUT2D eigenvalue weighted by Crippen LogP contribution is 2.40. The first-order valence-electron chi connectivity index (χ1n) is 5.43. The number of hydrogen-bond acceptors (Lipinski definition) is 5. The fourth-order valence-corrected chi connectivity index (χ4v) is 2.52. The minimum Gasteiger partial charge on any atom is -0.369 e. The van der Waals surface area contributed by atoms with Gasteiger partial charge in [-0.15, -0.1) is 0 Å². The second-order valence-electron chi connectivity index (χ2n) is 4.14. The number of aryl methyl sites for hydroxylation is 1. The van der Waals surface area contributed by atoms with Crippen LogP contribution < -0.4 is 4.18 Å². The monoisotopic (exact) mass is 311 g/mol. The van der Waals surface area contributed by atoms with Gasteiger partial charge in [-0.1, -0.05) is 6.07 Å². The van der Waals surface area contributed by atoms with E-state index in [1.165, 1.54) is 6.07 Å². The summed E-state index contributed by atoms with van der Waals surface area (Å²) in [6.45, 7) is 0. The summed E-state index contributed by atoms with van der Waals surface area (Å²) < 4.78 is 62.5. The van der Waals surface area contributed by atoms with E-state index in [0.717, 1.165) is 6.07 Å². The molecule has 0 amide bonds. The van der Waals surface area contributed by atoms with E-state index in [1.807, 2.05) is 0 Å². The summed E-state index contributed by atoms with van der Waals surface area (Å²) in [7, 11) is -5.93. The maximum Gasteiger partial charge on any atom is 0.534 e. The molecular formula is C10H8F3NO5S. The molecule has 0 aromatic heterocycles. The third-order valence-electron chi connectivity index (χ3n) is 2.88. The van der Waals surface area contributed by atoms with Crippen molar-refractivity contribution in [3.8, 4) is 5.75 Å². The van der Waals surface area contributed by atoms with Crippen LogP contribution in [0.5, 0.6) is 5.75 Å². The van der Waals surface area contributed by atoms with Gasteiger partial charge in [-0.05, 0) is 30.9 Å². The molecule has 110 valence electrons. The molecule has 1 aromatic rings. The predicted molar refractivity (Wildman–Crippen MR) is 60.7 cm³/mol. The van der Waals surface area contributed by atoms with Gasteiger partial charge in [0.2, 0.25) is 5.75 Å². The second kappa shape index (κ2) is 4.62. The Labute approximate surface area is 111 Å². The Balaban J connectivity index is 2.52. The molecule has 0 N–H and O–H groups in total. The number of nitrogens with zero attached hydrogens (tertiary/aromatic N) is 1. The van der Waals surface area contributed by atoms with Crippen molar-refractivity contribution in [1.29, 1.82) is 0 Å². The van der Waals surface area contributed by atoms with Gasteiger partial charge in [0.05, 0.1) is 4.92 Å². The van der Waals surface area contributed by atoms with Crippen LogP contribution in [0.25, 0.3) is 0 Å². The Morgan fingerprint density at radius 2 is 1.90 bits per heavy atom. The lowest BCUT2D eigenvalue weighted by Gasteiger charge is -2.11. The molecule has 0 saturated heterocycles. The maximum atomic E-state index is 12.2. The predicted octanol–water partition coefficient (Wildman–Crippen LogP) is 2.31. The summed E-state index contributed by atoms with van der Waals surface area (Å²) >= 11 is 0. The number of nitro benzene ring substituents is 1. The second-order valence-corrected chi connectivity index (χ2v) is 5.68. The number of hydrogen-bond donors (Lipinski definition) is 0. The van der Waals surface area contributed by atoms with E-state index in [0.29, 0.717) is 24.8 Å². The van der Waals surface area contributed by atoms with Crippen LogP contribution in [0, 0.1) is 10.1 Å². The van der Waals surface area contributed by atoms with Crippen LogP contribution in [0.2, 0.25) is 0 Å². The number of alkyl halides is 3. The average Bonchev–Trinajstić information content (AvgIpc) is 2.73. The van der Waals surface area contributed by atoms with Crippen LogP contribution in [0.4, 0.5) is 18.9 Å².